The van der Waals surface area contributed by atoms with E-state index in [2.05, 4.69) is 20.1 Å². The van der Waals surface area contributed by atoms with E-state index in [4.69, 9.17) is 0 Å². The lowest BCUT2D eigenvalue weighted by atomic mass is 9.90. The van der Waals surface area contributed by atoms with Gasteiger partial charge in [-0.1, -0.05) is 0 Å². The fraction of sp³-hybridized carbons (Fsp3) is 0.458. The Morgan fingerprint density at radius 2 is 1.72 bits per heavy atom. The van der Waals surface area contributed by atoms with E-state index < -0.39 is 58.8 Å². The molecule has 1 aromatic carbocycles. The molecule has 208 valence electrons. The first-order valence-electron chi connectivity index (χ1n) is 11.8. The molecule has 3 aromatic rings. The summed E-state index contributed by atoms with van der Waals surface area (Å²) in [5.41, 5.74) is -7.54. The predicted octanol–water partition coefficient (Wildman–Crippen LogP) is 5.53. The van der Waals surface area contributed by atoms with E-state index in [1.807, 2.05) is 0 Å². The first kappa shape index (κ1) is 26.9. The highest BCUT2D eigenvalue weighted by molar-refractivity contribution is 5.95. The van der Waals surface area contributed by atoms with E-state index in [1.54, 1.807) is 6.07 Å². The molecule has 1 amide bonds. The van der Waals surface area contributed by atoms with Crippen molar-refractivity contribution in [2.45, 2.75) is 55.9 Å². The van der Waals surface area contributed by atoms with Gasteiger partial charge in [-0.05, 0) is 55.5 Å². The van der Waals surface area contributed by atoms with Crippen molar-refractivity contribution in [1.82, 2.24) is 29.6 Å². The molecular formula is C24H20F8N6O. The van der Waals surface area contributed by atoms with Crippen molar-refractivity contribution in [3.8, 4) is 5.95 Å². The van der Waals surface area contributed by atoms with Gasteiger partial charge in [0, 0.05) is 30.9 Å². The second-order valence-electron chi connectivity index (χ2n) is 9.74. The molecule has 0 bridgehead atoms. The van der Waals surface area contributed by atoms with Gasteiger partial charge in [-0.15, -0.1) is 0 Å². The van der Waals surface area contributed by atoms with Crippen molar-refractivity contribution in [1.29, 1.82) is 0 Å². The topological polar surface area (TPSA) is 76.8 Å². The SMILES string of the molecule is CC(c1ncnn1-c1ncccn1)N(CC1CC1)C(=O)c1cc(C(F)(F)F)cc(C2(C(F)(F)F)CC2(F)F)c1. The predicted molar refractivity (Wildman–Crippen MR) is 118 cm³/mol. The second-order valence-corrected chi connectivity index (χ2v) is 9.74. The maximum Gasteiger partial charge on any atom is 0.416 e. The van der Waals surface area contributed by atoms with E-state index in [0.29, 0.717) is 12.1 Å². The fourth-order valence-corrected chi connectivity index (χ4v) is 4.63. The third kappa shape index (κ3) is 4.71. The third-order valence-electron chi connectivity index (χ3n) is 7.04. The summed E-state index contributed by atoms with van der Waals surface area (Å²) >= 11 is 0. The summed E-state index contributed by atoms with van der Waals surface area (Å²) in [4.78, 5) is 27.1. The van der Waals surface area contributed by atoms with Gasteiger partial charge < -0.3 is 4.90 Å². The average Bonchev–Trinajstić information content (AvgIpc) is 3.73. The van der Waals surface area contributed by atoms with Gasteiger partial charge in [-0.2, -0.15) is 36.1 Å². The van der Waals surface area contributed by atoms with Crippen molar-refractivity contribution in [3.63, 3.8) is 0 Å². The lowest BCUT2D eigenvalue weighted by molar-refractivity contribution is -0.182. The minimum atomic E-state index is -5.55. The van der Waals surface area contributed by atoms with Crippen molar-refractivity contribution in [2.24, 2.45) is 5.92 Å². The van der Waals surface area contributed by atoms with Gasteiger partial charge in [0.1, 0.15) is 6.33 Å². The van der Waals surface area contributed by atoms with Crippen LogP contribution in [-0.2, 0) is 11.6 Å². The standard InChI is InChI=1S/C24H20F8N6O/c1-13(18-35-12-36-38(18)20-33-5-2-6-34-20)37(10-14-3-4-14)19(39)15-7-16(9-17(8-15)23(27,28)29)21(24(30,31)32)11-22(21,25)26/h2,5-9,12-14H,3-4,10-11H2,1H3. The van der Waals surface area contributed by atoms with E-state index >= 15 is 0 Å². The molecule has 7 nitrogen and oxygen atoms in total. The summed E-state index contributed by atoms with van der Waals surface area (Å²) in [6.45, 7) is 1.57. The number of carbonyl (C=O) groups excluding carboxylic acids is 1. The van der Waals surface area contributed by atoms with Crippen molar-refractivity contribution < 1.29 is 39.9 Å². The molecule has 2 unspecified atom stereocenters. The molecule has 0 aliphatic heterocycles. The Labute approximate surface area is 215 Å². The second kappa shape index (κ2) is 8.95. The van der Waals surface area contributed by atoms with Crippen LogP contribution in [0.3, 0.4) is 0 Å². The van der Waals surface area contributed by atoms with Crippen LogP contribution < -0.4 is 0 Å². The van der Waals surface area contributed by atoms with Crippen molar-refractivity contribution >= 4 is 5.91 Å². The Balaban J connectivity index is 1.59. The number of nitrogens with zero attached hydrogens (tertiary/aromatic N) is 6. The summed E-state index contributed by atoms with van der Waals surface area (Å²) < 4.78 is 112. The molecule has 2 fully saturated rings. The van der Waals surface area contributed by atoms with Gasteiger partial charge in [0.15, 0.2) is 11.2 Å². The molecule has 5 rings (SSSR count). The lowest BCUT2D eigenvalue weighted by Gasteiger charge is -2.30. The number of carbonyl (C=O) groups is 1. The van der Waals surface area contributed by atoms with Gasteiger partial charge >= 0.3 is 12.4 Å². The summed E-state index contributed by atoms with van der Waals surface area (Å²) in [6, 6.07) is 1.52. The Hall–Kier alpha value is -3.65. The molecule has 39 heavy (non-hydrogen) atoms. The van der Waals surface area contributed by atoms with Crippen molar-refractivity contribution in [2.75, 3.05) is 6.54 Å². The zero-order chi connectivity index (χ0) is 28.4. The number of amides is 1. The number of hydrogen-bond acceptors (Lipinski definition) is 5. The molecule has 0 N–H and O–H groups in total. The molecule has 2 atom stereocenters. The minimum absolute atomic E-state index is 0.000277. The Bertz CT molecular complexity index is 1390. The lowest BCUT2D eigenvalue weighted by Crippen LogP contribution is -2.38. The largest absolute Gasteiger partial charge is 0.416 e. The number of hydrogen-bond donors (Lipinski definition) is 0. The highest BCUT2D eigenvalue weighted by atomic mass is 19.4. The molecule has 2 aliphatic rings. The number of benzene rings is 1. The summed E-state index contributed by atoms with van der Waals surface area (Å²) in [5.74, 6) is -5.14. The molecule has 2 saturated carbocycles. The highest BCUT2D eigenvalue weighted by Crippen LogP contribution is 2.69. The maximum absolute atomic E-state index is 14.1. The van der Waals surface area contributed by atoms with E-state index in [9.17, 15) is 39.9 Å². The van der Waals surface area contributed by atoms with Crippen LogP contribution in [0.2, 0.25) is 0 Å². The molecular weight excluding hydrogens is 540 g/mol. The van der Waals surface area contributed by atoms with Gasteiger partial charge in [0.2, 0.25) is 0 Å². The molecule has 2 aromatic heterocycles. The number of rotatable bonds is 7. The average molecular weight is 560 g/mol. The van der Waals surface area contributed by atoms with Crippen LogP contribution >= 0.6 is 0 Å². The molecule has 15 heteroatoms. The molecule has 0 spiro atoms. The zero-order valence-corrected chi connectivity index (χ0v) is 20.1. The smallest absolute Gasteiger partial charge is 0.328 e. The van der Waals surface area contributed by atoms with E-state index in [1.165, 1.54) is 24.0 Å². The van der Waals surface area contributed by atoms with E-state index in [0.717, 1.165) is 24.1 Å². The number of halogens is 8. The maximum atomic E-state index is 14.1. The number of alkyl halides is 8. The molecule has 0 saturated heterocycles. The van der Waals surface area contributed by atoms with Gasteiger partial charge in [0.05, 0.1) is 11.6 Å². The number of aromatic nitrogens is 5. The van der Waals surface area contributed by atoms with Crippen LogP contribution in [0.15, 0.2) is 43.0 Å². The van der Waals surface area contributed by atoms with Gasteiger partial charge in [-0.3, -0.25) is 4.79 Å². The van der Waals surface area contributed by atoms with Crippen molar-refractivity contribution in [3.05, 3.63) is 65.5 Å². The van der Waals surface area contributed by atoms with Crippen LogP contribution in [0, 0.1) is 5.92 Å². The fourth-order valence-electron chi connectivity index (χ4n) is 4.63. The van der Waals surface area contributed by atoms with Crippen LogP contribution in [-0.4, -0.2) is 54.2 Å². The zero-order valence-electron chi connectivity index (χ0n) is 20.1. The Morgan fingerprint density at radius 1 is 1.08 bits per heavy atom. The highest BCUT2D eigenvalue weighted by Gasteiger charge is 2.84. The summed E-state index contributed by atoms with van der Waals surface area (Å²) in [6.07, 6.45) is -6.98. The van der Waals surface area contributed by atoms with Crippen LogP contribution in [0.1, 0.15) is 59.5 Å². The molecule has 2 heterocycles. The van der Waals surface area contributed by atoms with Crippen LogP contribution in [0.25, 0.3) is 5.95 Å². The minimum Gasteiger partial charge on any atom is -0.328 e. The summed E-state index contributed by atoms with van der Waals surface area (Å²) in [5, 5.41) is 4.05. The van der Waals surface area contributed by atoms with Crippen LogP contribution in [0.5, 0.6) is 0 Å². The van der Waals surface area contributed by atoms with Crippen LogP contribution in [0.4, 0.5) is 35.1 Å². The molecule has 2 aliphatic carbocycles. The quantitative estimate of drug-likeness (QED) is 0.356. The first-order chi connectivity index (χ1) is 18.2. The monoisotopic (exact) mass is 560 g/mol. The first-order valence-corrected chi connectivity index (χ1v) is 11.8. The normalized spacial score (nSPS) is 21.5. The van der Waals surface area contributed by atoms with E-state index in [-0.39, 0.29) is 30.3 Å². The third-order valence-corrected chi connectivity index (χ3v) is 7.04. The Kier molecular flexibility index (Phi) is 6.18. The Morgan fingerprint density at radius 3 is 2.26 bits per heavy atom. The molecule has 0 radical (unpaired) electrons. The van der Waals surface area contributed by atoms with Gasteiger partial charge in [0.25, 0.3) is 17.8 Å². The van der Waals surface area contributed by atoms with Gasteiger partial charge in [-0.25, -0.2) is 23.7 Å². The summed E-state index contributed by atoms with van der Waals surface area (Å²) in [7, 11) is 0.